The van der Waals surface area contributed by atoms with E-state index in [0.29, 0.717) is 45.5 Å². The maximum absolute atomic E-state index is 13.4. The van der Waals surface area contributed by atoms with Crippen molar-refractivity contribution in [1.82, 2.24) is 19.5 Å². The van der Waals surface area contributed by atoms with E-state index < -0.39 is 17.2 Å². The van der Waals surface area contributed by atoms with Crippen LogP contribution in [0.3, 0.4) is 0 Å². The van der Waals surface area contributed by atoms with Crippen molar-refractivity contribution >= 4 is 22.6 Å². The van der Waals surface area contributed by atoms with Crippen LogP contribution in [-0.2, 0) is 7.05 Å². The van der Waals surface area contributed by atoms with Crippen LogP contribution in [0.4, 0.5) is 10.1 Å². The molecule has 0 aliphatic rings. The second kappa shape index (κ2) is 10.8. The highest BCUT2D eigenvalue weighted by Crippen LogP contribution is 2.34. The smallest absolute Gasteiger partial charge is 0.261 e. The van der Waals surface area contributed by atoms with Crippen LogP contribution in [0.2, 0.25) is 0 Å². The SMILES string of the molecule is COc1cc2nccc(Oc3ccc(NC(=O)c4cn(C)c(C)c(-c5ccc(F)cn5)c4=O)cc3)c2nc1OC. The van der Waals surface area contributed by atoms with E-state index in [4.69, 9.17) is 14.2 Å². The summed E-state index contributed by atoms with van der Waals surface area (Å²) in [5.41, 5.74) is 2.02. The Bertz CT molecular complexity index is 1790. The van der Waals surface area contributed by atoms with Crippen LogP contribution in [0.15, 0.2) is 71.9 Å². The number of nitrogens with zero attached hydrogens (tertiary/aromatic N) is 4. The zero-order valence-corrected chi connectivity index (χ0v) is 22.1. The molecule has 0 saturated carbocycles. The number of amides is 1. The van der Waals surface area contributed by atoms with Gasteiger partial charge in [0.2, 0.25) is 5.43 Å². The molecule has 0 fully saturated rings. The molecule has 40 heavy (non-hydrogen) atoms. The van der Waals surface area contributed by atoms with E-state index in [-0.39, 0.29) is 16.8 Å². The summed E-state index contributed by atoms with van der Waals surface area (Å²) in [4.78, 5) is 39.2. The maximum atomic E-state index is 13.4. The third-order valence-corrected chi connectivity index (χ3v) is 6.27. The van der Waals surface area contributed by atoms with Crippen molar-refractivity contribution in [2.24, 2.45) is 7.05 Å². The molecule has 5 aromatic rings. The van der Waals surface area contributed by atoms with Crippen molar-refractivity contribution in [3.8, 4) is 34.4 Å². The maximum Gasteiger partial charge on any atom is 0.261 e. The molecule has 0 unspecified atom stereocenters. The third kappa shape index (κ3) is 5.04. The van der Waals surface area contributed by atoms with E-state index in [1.54, 1.807) is 61.1 Å². The minimum absolute atomic E-state index is 0.0757. The lowest BCUT2D eigenvalue weighted by Gasteiger charge is -2.14. The fourth-order valence-electron chi connectivity index (χ4n) is 4.13. The second-order valence-corrected chi connectivity index (χ2v) is 8.76. The number of anilines is 1. The molecule has 1 amide bonds. The Morgan fingerprint density at radius 1 is 1.00 bits per heavy atom. The monoisotopic (exact) mass is 541 g/mol. The summed E-state index contributed by atoms with van der Waals surface area (Å²) < 4.78 is 31.7. The van der Waals surface area contributed by atoms with Crippen molar-refractivity contribution in [2.75, 3.05) is 19.5 Å². The lowest BCUT2D eigenvalue weighted by atomic mass is 10.1. The van der Waals surface area contributed by atoms with Gasteiger partial charge in [0.05, 0.1) is 37.2 Å². The van der Waals surface area contributed by atoms with Gasteiger partial charge in [0.25, 0.3) is 11.8 Å². The van der Waals surface area contributed by atoms with Crippen LogP contribution in [-0.4, -0.2) is 39.6 Å². The fourth-order valence-corrected chi connectivity index (χ4v) is 4.13. The molecule has 4 heterocycles. The van der Waals surface area contributed by atoms with Gasteiger partial charge in [0.1, 0.15) is 22.6 Å². The summed E-state index contributed by atoms with van der Waals surface area (Å²) in [6.07, 6.45) is 4.09. The number of carbonyl (C=O) groups excluding carboxylic acids is 1. The van der Waals surface area contributed by atoms with Gasteiger partial charge in [0.15, 0.2) is 11.5 Å². The third-order valence-electron chi connectivity index (χ3n) is 6.27. The van der Waals surface area contributed by atoms with Crippen molar-refractivity contribution < 1.29 is 23.4 Å². The summed E-state index contributed by atoms with van der Waals surface area (Å²) in [5, 5.41) is 2.74. The van der Waals surface area contributed by atoms with E-state index in [1.165, 1.54) is 32.5 Å². The lowest BCUT2D eigenvalue weighted by molar-refractivity contribution is 0.102. The number of fused-ring (bicyclic) bond motifs is 1. The molecule has 0 aliphatic carbocycles. The number of rotatable bonds is 7. The van der Waals surface area contributed by atoms with E-state index in [1.807, 2.05) is 0 Å². The first-order valence-electron chi connectivity index (χ1n) is 12.1. The first kappa shape index (κ1) is 26.3. The molecule has 5 rings (SSSR count). The number of ether oxygens (including phenoxy) is 3. The van der Waals surface area contributed by atoms with Crippen LogP contribution in [0.25, 0.3) is 22.3 Å². The van der Waals surface area contributed by atoms with Gasteiger partial charge >= 0.3 is 0 Å². The highest BCUT2D eigenvalue weighted by Gasteiger charge is 2.20. The predicted molar refractivity (Wildman–Crippen MR) is 147 cm³/mol. The molecular formula is C29H24FN5O5. The number of methoxy groups -OCH3 is 2. The quantitative estimate of drug-likeness (QED) is 0.309. The highest BCUT2D eigenvalue weighted by molar-refractivity contribution is 6.04. The van der Waals surface area contributed by atoms with E-state index in [0.717, 1.165) is 6.20 Å². The van der Waals surface area contributed by atoms with Crippen LogP contribution in [0.1, 0.15) is 16.1 Å². The molecule has 0 aliphatic heterocycles. The number of pyridine rings is 4. The van der Waals surface area contributed by atoms with Gasteiger partial charge in [-0.15, -0.1) is 0 Å². The Kier molecular flexibility index (Phi) is 7.11. The molecule has 10 nitrogen and oxygen atoms in total. The van der Waals surface area contributed by atoms with Crippen LogP contribution < -0.4 is 25.0 Å². The molecule has 0 bridgehead atoms. The Morgan fingerprint density at radius 3 is 2.45 bits per heavy atom. The predicted octanol–water partition coefficient (Wildman–Crippen LogP) is 4.90. The number of hydrogen-bond acceptors (Lipinski definition) is 8. The number of nitrogens with one attached hydrogen (secondary N) is 1. The van der Waals surface area contributed by atoms with Crippen molar-refractivity contribution in [1.29, 1.82) is 0 Å². The van der Waals surface area contributed by atoms with Crippen molar-refractivity contribution in [3.05, 3.63) is 94.4 Å². The Hall–Kier alpha value is -5.32. The van der Waals surface area contributed by atoms with E-state index in [2.05, 4.69) is 20.3 Å². The molecule has 0 saturated heterocycles. The number of carbonyl (C=O) groups is 1. The summed E-state index contributed by atoms with van der Waals surface area (Å²) in [6.45, 7) is 1.73. The van der Waals surface area contributed by atoms with Gasteiger partial charge in [-0.3, -0.25) is 19.6 Å². The Balaban J connectivity index is 1.38. The summed E-state index contributed by atoms with van der Waals surface area (Å²) in [7, 11) is 4.73. The topological polar surface area (TPSA) is 117 Å². The largest absolute Gasteiger partial charge is 0.491 e. The zero-order valence-electron chi connectivity index (χ0n) is 22.1. The van der Waals surface area contributed by atoms with Gasteiger partial charge in [-0.25, -0.2) is 9.37 Å². The fraction of sp³-hybridized carbons (Fsp3) is 0.138. The zero-order chi connectivity index (χ0) is 28.4. The molecule has 1 aromatic carbocycles. The van der Waals surface area contributed by atoms with Gasteiger partial charge in [-0.05, 0) is 43.3 Å². The lowest BCUT2D eigenvalue weighted by Crippen LogP contribution is -2.25. The summed E-state index contributed by atoms with van der Waals surface area (Å²) >= 11 is 0. The van der Waals surface area contributed by atoms with Gasteiger partial charge in [-0.1, -0.05) is 0 Å². The minimum atomic E-state index is -0.594. The van der Waals surface area contributed by atoms with Crippen molar-refractivity contribution in [3.63, 3.8) is 0 Å². The number of halogens is 1. The minimum Gasteiger partial charge on any atom is -0.491 e. The van der Waals surface area contributed by atoms with Crippen LogP contribution >= 0.6 is 0 Å². The van der Waals surface area contributed by atoms with Crippen LogP contribution in [0.5, 0.6) is 23.1 Å². The Labute approximate surface area is 228 Å². The molecule has 0 radical (unpaired) electrons. The summed E-state index contributed by atoms with van der Waals surface area (Å²) in [6, 6.07) is 12.7. The molecule has 0 spiro atoms. The molecular weight excluding hydrogens is 517 g/mol. The standard InChI is InChI=1S/C29H24FN5O5/c1-16-25(21-10-5-17(30)14-32-21)27(36)20(15-35(16)2)28(37)33-18-6-8-19(9-7-18)40-23-11-12-31-22-13-24(38-3)29(39-4)34-26(22)23/h5-15H,1-4H3,(H,33,37). The van der Waals surface area contributed by atoms with Gasteiger partial charge in [0, 0.05) is 43.0 Å². The second-order valence-electron chi connectivity index (χ2n) is 8.76. The van der Waals surface area contributed by atoms with Crippen LogP contribution in [0, 0.1) is 12.7 Å². The summed E-state index contributed by atoms with van der Waals surface area (Å²) in [5.74, 6) is 0.567. The van der Waals surface area contributed by atoms with E-state index >= 15 is 0 Å². The number of hydrogen-bond donors (Lipinski definition) is 1. The molecule has 0 atom stereocenters. The molecule has 202 valence electrons. The van der Waals surface area contributed by atoms with Crippen molar-refractivity contribution in [2.45, 2.75) is 6.92 Å². The Morgan fingerprint density at radius 2 is 1.77 bits per heavy atom. The number of aromatic nitrogens is 4. The molecule has 1 N–H and O–H groups in total. The van der Waals surface area contributed by atoms with Gasteiger partial charge in [-0.2, -0.15) is 0 Å². The number of benzene rings is 1. The number of aryl methyl sites for hydroxylation is 1. The average molecular weight is 542 g/mol. The average Bonchev–Trinajstić information content (AvgIpc) is 2.96. The first-order valence-corrected chi connectivity index (χ1v) is 12.1. The highest BCUT2D eigenvalue weighted by atomic mass is 19.1. The first-order chi connectivity index (χ1) is 19.3. The van der Waals surface area contributed by atoms with Gasteiger partial charge < -0.3 is 24.1 Å². The molecule has 11 heteroatoms. The normalized spacial score (nSPS) is 10.8. The van der Waals surface area contributed by atoms with E-state index in [9.17, 15) is 14.0 Å². The molecule has 4 aromatic heterocycles.